The maximum absolute atomic E-state index is 10.3. The van der Waals surface area contributed by atoms with Crippen LogP contribution in [0.3, 0.4) is 0 Å². The molecule has 100 valence electrons. The molecule has 2 nitrogen and oxygen atoms in total. The summed E-state index contributed by atoms with van der Waals surface area (Å²) in [6.45, 7) is 0.908. The van der Waals surface area contributed by atoms with Crippen molar-refractivity contribution in [3.8, 4) is 0 Å². The first-order valence-corrected chi connectivity index (χ1v) is 8.79. The smallest absolute Gasteiger partial charge is 0.0883 e. The van der Waals surface area contributed by atoms with Gasteiger partial charge in [-0.2, -0.15) is 11.8 Å². The number of thiophene rings is 1. The van der Waals surface area contributed by atoms with Gasteiger partial charge in [0.15, 0.2) is 0 Å². The van der Waals surface area contributed by atoms with Gasteiger partial charge in [0.2, 0.25) is 0 Å². The highest BCUT2D eigenvalue weighted by atomic mass is 32.2. The van der Waals surface area contributed by atoms with E-state index in [1.54, 1.807) is 0 Å². The van der Waals surface area contributed by atoms with Crippen LogP contribution in [-0.2, 0) is 16.9 Å². The molecule has 1 aromatic heterocycles. The molecule has 0 aliphatic carbocycles. The molecule has 3 rings (SSSR count). The summed E-state index contributed by atoms with van der Waals surface area (Å²) < 4.78 is 5.61. The summed E-state index contributed by atoms with van der Waals surface area (Å²) in [5, 5.41) is 10.3. The molecule has 0 radical (unpaired) electrons. The number of aliphatic hydroxyl groups excluding tert-OH is 1. The zero-order valence-corrected chi connectivity index (χ0v) is 12.2. The van der Waals surface area contributed by atoms with Crippen molar-refractivity contribution in [3.63, 3.8) is 0 Å². The Morgan fingerprint density at radius 3 is 3.22 bits per heavy atom. The fourth-order valence-corrected chi connectivity index (χ4v) is 5.09. The zero-order valence-electron chi connectivity index (χ0n) is 10.6. The van der Waals surface area contributed by atoms with E-state index in [-0.39, 0.29) is 6.10 Å². The van der Waals surface area contributed by atoms with Gasteiger partial charge in [0, 0.05) is 22.1 Å². The molecule has 0 amide bonds. The molecular formula is C14H20O2S2. The minimum atomic E-state index is -0.283. The number of rotatable bonds is 4. The number of aliphatic hydroxyl groups is 1. The van der Waals surface area contributed by atoms with Crippen LogP contribution in [0.5, 0.6) is 0 Å². The predicted molar refractivity (Wildman–Crippen MR) is 77.4 cm³/mol. The Bertz CT molecular complexity index is 373. The van der Waals surface area contributed by atoms with Gasteiger partial charge in [0.25, 0.3) is 0 Å². The van der Waals surface area contributed by atoms with Crippen molar-refractivity contribution < 1.29 is 9.84 Å². The minimum Gasteiger partial charge on any atom is -0.388 e. The number of fused-ring (bicyclic) bond motifs is 1. The highest BCUT2D eigenvalue weighted by molar-refractivity contribution is 7.98. The first-order valence-electron chi connectivity index (χ1n) is 6.82. The molecule has 1 saturated heterocycles. The maximum atomic E-state index is 10.3. The first-order chi connectivity index (χ1) is 8.83. The van der Waals surface area contributed by atoms with Crippen molar-refractivity contribution in [3.05, 3.63) is 21.4 Å². The molecule has 2 unspecified atom stereocenters. The third-order valence-electron chi connectivity index (χ3n) is 3.76. The van der Waals surface area contributed by atoms with Crippen LogP contribution in [0, 0.1) is 0 Å². The van der Waals surface area contributed by atoms with Crippen LogP contribution in [0.25, 0.3) is 0 Å². The van der Waals surface area contributed by atoms with E-state index < -0.39 is 0 Å². The third-order valence-corrected chi connectivity index (χ3v) is 6.11. The van der Waals surface area contributed by atoms with Crippen LogP contribution >= 0.6 is 23.1 Å². The summed E-state index contributed by atoms with van der Waals surface area (Å²) >= 11 is 3.82. The average Bonchev–Trinajstić information content (AvgIpc) is 3.04. The van der Waals surface area contributed by atoms with Crippen LogP contribution in [0.4, 0.5) is 0 Å². The van der Waals surface area contributed by atoms with E-state index >= 15 is 0 Å². The quantitative estimate of drug-likeness (QED) is 0.917. The molecule has 0 saturated carbocycles. The van der Waals surface area contributed by atoms with Crippen molar-refractivity contribution in [1.29, 1.82) is 0 Å². The van der Waals surface area contributed by atoms with E-state index in [0.29, 0.717) is 6.10 Å². The molecule has 2 atom stereocenters. The van der Waals surface area contributed by atoms with Gasteiger partial charge in [-0.25, -0.2) is 0 Å². The first kappa shape index (κ1) is 13.0. The Kier molecular flexibility index (Phi) is 4.29. The molecule has 1 fully saturated rings. The molecule has 1 N–H and O–H groups in total. The second-order valence-electron chi connectivity index (χ2n) is 5.13. The van der Waals surface area contributed by atoms with Crippen LogP contribution in [0.1, 0.15) is 47.1 Å². The van der Waals surface area contributed by atoms with Crippen LogP contribution in [-0.4, -0.2) is 23.6 Å². The Balaban J connectivity index is 1.57. The lowest BCUT2D eigenvalue weighted by atomic mass is 10.1. The molecular weight excluding hydrogens is 264 g/mol. The highest BCUT2D eigenvalue weighted by Gasteiger charge is 2.20. The van der Waals surface area contributed by atoms with E-state index in [9.17, 15) is 5.11 Å². The summed E-state index contributed by atoms with van der Waals surface area (Å²) in [5.74, 6) is 2.36. The van der Waals surface area contributed by atoms with Crippen molar-refractivity contribution in [2.75, 3.05) is 12.4 Å². The molecule has 0 spiro atoms. The van der Waals surface area contributed by atoms with Crippen molar-refractivity contribution >= 4 is 23.1 Å². The number of ether oxygens (including phenoxy) is 1. The highest BCUT2D eigenvalue weighted by Crippen LogP contribution is 2.36. The van der Waals surface area contributed by atoms with E-state index in [0.717, 1.165) is 25.2 Å². The topological polar surface area (TPSA) is 29.5 Å². The number of aryl methyl sites for hydroxylation is 1. The number of hydrogen-bond donors (Lipinski definition) is 1. The Morgan fingerprint density at radius 2 is 2.44 bits per heavy atom. The standard InChI is InChI=1S/C14H20O2S2/c15-12(4-3-11-2-1-6-16-11)14-8-10-9-17-7-5-13(10)18-14/h8,11-12,15H,1-7,9H2. The SMILES string of the molecule is OC(CCC1CCCO1)c1cc2c(s1)CCSC2. The molecule has 3 heterocycles. The number of hydrogen-bond acceptors (Lipinski definition) is 4. The normalized spacial score (nSPS) is 25.1. The molecule has 2 aliphatic heterocycles. The van der Waals surface area contributed by atoms with Gasteiger partial charge in [0.1, 0.15) is 0 Å². The summed E-state index contributed by atoms with van der Waals surface area (Å²) in [6.07, 6.45) is 5.49. The molecule has 0 bridgehead atoms. The van der Waals surface area contributed by atoms with E-state index in [2.05, 4.69) is 6.07 Å². The predicted octanol–water partition coefficient (Wildman–Crippen LogP) is 3.53. The largest absolute Gasteiger partial charge is 0.388 e. The van der Waals surface area contributed by atoms with Crippen molar-refractivity contribution in [2.45, 2.75) is 50.1 Å². The van der Waals surface area contributed by atoms with Gasteiger partial charge in [0.05, 0.1) is 12.2 Å². The Morgan fingerprint density at radius 1 is 1.50 bits per heavy atom. The van der Waals surface area contributed by atoms with Gasteiger partial charge >= 0.3 is 0 Å². The monoisotopic (exact) mass is 284 g/mol. The summed E-state index contributed by atoms with van der Waals surface area (Å²) in [4.78, 5) is 2.67. The summed E-state index contributed by atoms with van der Waals surface area (Å²) in [7, 11) is 0. The summed E-state index contributed by atoms with van der Waals surface area (Å²) in [6, 6.07) is 2.23. The minimum absolute atomic E-state index is 0.283. The zero-order chi connectivity index (χ0) is 12.4. The molecule has 4 heteroatoms. The van der Waals surface area contributed by atoms with E-state index in [4.69, 9.17) is 4.74 Å². The van der Waals surface area contributed by atoms with Crippen molar-refractivity contribution in [2.24, 2.45) is 0 Å². The van der Waals surface area contributed by atoms with Crippen LogP contribution in [0.15, 0.2) is 6.07 Å². The molecule has 2 aliphatic rings. The lowest BCUT2D eigenvalue weighted by molar-refractivity contribution is 0.0820. The average molecular weight is 284 g/mol. The van der Waals surface area contributed by atoms with Crippen LogP contribution < -0.4 is 0 Å². The number of thioether (sulfide) groups is 1. The van der Waals surface area contributed by atoms with Crippen molar-refractivity contribution in [1.82, 2.24) is 0 Å². The fraction of sp³-hybridized carbons (Fsp3) is 0.714. The van der Waals surface area contributed by atoms with E-state index in [1.165, 1.54) is 40.3 Å². The van der Waals surface area contributed by atoms with Gasteiger partial charge in [-0.15, -0.1) is 11.3 Å². The second-order valence-corrected chi connectivity index (χ2v) is 7.40. The lowest BCUT2D eigenvalue weighted by Gasteiger charge is -2.12. The lowest BCUT2D eigenvalue weighted by Crippen LogP contribution is -2.07. The third kappa shape index (κ3) is 2.93. The Hall–Kier alpha value is -0.0300. The van der Waals surface area contributed by atoms with Gasteiger partial charge in [-0.1, -0.05) is 0 Å². The second kappa shape index (κ2) is 5.95. The van der Waals surface area contributed by atoms with Gasteiger partial charge < -0.3 is 9.84 Å². The van der Waals surface area contributed by atoms with Gasteiger partial charge in [-0.3, -0.25) is 0 Å². The van der Waals surface area contributed by atoms with E-state index in [1.807, 2.05) is 23.1 Å². The fourth-order valence-electron chi connectivity index (χ4n) is 2.69. The van der Waals surface area contributed by atoms with Gasteiger partial charge in [-0.05, 0) is 49.5 Å². The molecule has 0 aromatic carbocycles. The van der Waals surface area contributed by atoms with Crippen LogP contribution in [0.2, 0.25) is 0 Å². The molecule has 18 heavy (non-hydrogen) atoms. The Labute approximate surface area is 117 Å². The maximum Gasteiger partial charge on any atom is 0.0883 e. The molecule has 1 aromatic rings. The summed E-state index contributed by atoms with van der Waals surface area (Å²) in [5.41, 5.74) is 1.46.